The van der Waals surface area contributed by atoms with Crippen molar-refractivity contribution < 1.29 is 4.79 Å². The molecule has 1 unspecified atom stereocenters. The first kappa shape index (κ1) is 15.5. The Balaban J connectivity index is 3.14. The second-order valence-corrected chi connectivity index (χ2v) is 5.19. The first-order valence-corrected chi connectivity index (χ1v) is 6.94. The van der Waals surface area contributed by atoms with Crippen LogP contribution in [0.1, 0.15) is 47.0 Å². The van der Waals surface area contributed by atoms with Crippen molar-refractivity contribution in [1.29, 1.82) is 5.41 Å². The zero-order valence-electron chi connectivity index (χ0n) is 12.4. The van der Waals surface area contributed by atoms with Crippen molar-refractivity contribution in [2.24, 2.45) is 5.73 Å². The third kappa shape index (κ3) is 3.46. The number of hydrogen-bond acceptors (Lipinski definition) is 3. The molecule has 4 heteroatoms. The summed E-state index contributed by atoms with van der Waals surface area (Å²) in [5.74, 6) is 0.141. The number of allylic oxidation sites excluding steroid dienone is 2. The van der Waals surface area contributed by atoms with Gasteiger partial charge in [-0.2, -0.15) is 0 Å². The van der Waals surface area contributed by atoms with Crippen LogP contribution >= 0.6 is 0 Å². The Bertz CT molecular complexity index is 431. The van der Waals surface area contributed by atoms with Gasteiger partial charge >= 0.3 is 0 Å². The monoisotopic (exact) mass is 263 g/mol. The van der Waals surface area contributed by atoms with E-state index in [1.807, 2.05) is 38.7 Å². The van der Waals surface area contributed by atoms with Gasteiger partial charge in [-0.15, -0.1) is 0 Å². The van der Waals surface area contributed by atoms with Gasteiger partial charge in [0.2, 0.25) is 5.91 Å². The van der Waals surface area contributed by atoms with Gasteiger partial charge in [-0.25, -0.2) is 0 Å². The first-order valence-electron chi connectivity index (χ1n) is 6.94. The molecule has 1 aliphatic heterocycles. The van der Waals surface area contributed by atoms with Crippen LogP contribution in [0.4, 0.5) is 0 Å². The maximum Gasteiger partial charge on any atom is 0.222 e. The summed E-state index contributed by atoms with van der Waals surface area (Å²) in [5, 5.41) is 8.21. The van der Waals surface area contributed by atoms with E-state index in [1.54, 1.807) is 0 Å². The summed E-state index contributed by atoms with van der Waals surface area (Å²) in [6.45, 7) is 8.50. The molecule has 0 fully saturated rings. The van der Waals surface area contributed by atoms with Crippen molar-refractivity contribution in [3.05, 3.63) is 22.9 Å². The molecule has 0 spiro atoms. The topological polar surface area (TPSA) is 70.2 Å². The smallest absolute Gasteiger partial charge is 0.222 e. The van der Waals surface area contributed by atoms with Gasteiger partial charge in [-0.3, -0.25) is 4.79 Å². The number of rotatable bonds is 4. The maximum absolute atomic E-state index is 12.0. The Kier molecular flexibility index (Phi) is 5.33. The molecule has 3 N–H and O–H groups in total. The molecule has 0 aromatic carbocycles. The average molecular weight is 263 g/mol. The van der Waals surface area contributed by atoms with Crippen LogP contribution in [0, 0.1) is 5.41 Å². The summed E-state index contributed by atoms with van der Waals surface area (Å²) in [7, 11) is 0. The molecule has 1 aliphatic rings. The third-order valence-electron chi connectivity index (χ3n) is 3.41. The average Bonchev–Trinajstić information content (AvgIpc) is 2.36. The number of carbonyl (C=O) groups excluding carboxylic acids is 1. The highest BCUT2D eigenvalue weighted by Crippen LogP contribution is 2.26. The summed E-state index contributed by atoms with van der Waals surface area (Å²) in [5.41, 5.74) is 9.20. The number of nitrogens with two attached hydrogens (primary N) is 1. The van der Waals surface area contributed by atoms with Gasteiger partial charge in [0.15, 0.2) is 0 Å². The lowest BCUT2D eigenvalue weighted by molar-refractivity contribution is -0.132. The van der Waals surface area contributed by atoms with Crippen molar-refractivity contribution >= 4 is 11.6 Å². The molecule has 19 heavy (non-hydrogen) atoms. The minimum absolute atomic E-state index is 0.0516. The van der Waals surface area contributed by atoms with Gasteiger partial charge in [0.25, 0.3) is 0 Å². The Morgan fingerprint density at radius 3 is 2.58 bits per heavy atom. The number of nitrogens with one attached hydrogen (secondary N) is 1. The first-order chi connectivity index (χ1) is 8.92. The van der Waals surface area contributed by atoms with Gasteiger partial charge in [0.05, 0.1) is 11.8 Å². The van der Waals surface area contributed by atoms with Crippen LogP contribution in [-0.4, -0.2) is 29.1 Å². The molecule has 0 radical (unpaired) electrons. The van der Waals surface area contributed by atoms with Crippen LogP contribution in [0.2, 0.25) is 0 Å². The third-order valence-corrected chi connectivity index (χ3v) is 3.41. The summed E-state index contributed by atoms with van der Waals surface area (Å²) in [6.07, 6.45) is 3.78. The van der Waals surface area contributed by atoms with Crippen molar-refractivity contribution in [2.45, 2.75) is 53.0 Å². The van der Waals surface area contributed by atoms with E-state index in [2.05, 4.69) is 0 Å². The molecule has 1 rings (SSSR count). The summed E-state index contributed by atoms with van der Waals surface area (Å²) in [4.78, 5) is 13.9. The van der Waals surface area contributed by atoms with E-state index >= 15 is 0 Å². The molecule has 0 saturated carbocycles. The van der Waals surface area contributed by atoms with Gasteiger partial charge in [0.1, 0.15) is 0 Å². The Morgan fingerprint density at radius 2 is 2.11 bits per heavy atom. The van der Waals surface area contributed by atoms with E-state index in [0.29, 0.717) is 25.1 Å². The van der Waals surface area contributed by atoms with Gasteiger partial charge in [-0.1, -0.05) is 19.4 Å². The Morgan fingerprint density at radius 1 is 1.47 bits per heavy atom. The number of nitrogens with zero attached hydrogens (tertiary/aromatic N) is 1. The normalized spacial score (nSPS) is 19.4. The molecule has 1 atom stereocenters. The molecule has 4 nitrogen and oxygen atoms in total. The second-order valence-electron chi connectivity index (χ2n) is 5.19. The van der Waals surface area contributed by atoms with Crippen LogP contribution in [-0.2, 0) is 4.79 Å². The molecular formula is C15H25N3O. The fraction of sp³-hybridized carbons (Fsp3) is 0.600. The van der Waals surface area contributed by atoms with Crippen LogP contribution in [0.25, 0.3) is 0 Å². The van der Waals surface area contributed by atoms with E-state index in [9.17, 15) is 4.79 Å². The predicted molar refractivity (Wildman–Crippen MR) is 79.1 cm³/mol. The zero-order chi connectivity index (χ0) is 14.6. The van der Waals surface area contributed by atoms with Gasteiger partial charge in [0, 0.05) is 30.7 Å². The summed E-state index contributed by atoms with van der Waals surface area (Å²) < 4.78 is 0. The van der Waals surface area contributed by atoms with Crippen molar-refractivity contribution in [3.8, 4) is 0 Å². The van der Waals surface area contributed by atoms with Crippen LogP contribution in [0.15, 0.2) is 22.9 Å². The lowest BCUT2D eigenvalue weighted by atomic mass is 9.90. The van der Waals surface area contributed by atoms with E-state index in [4.69, 9.17) is 11.1 Å². The zero-order valence-corrected chi connectivity index (χ0v) is 12.4. The quantitative estimate of drug-likeness (QED) is 0.765. The number of hydrogen-bond donors (Lipinski definition) is 2. The van der Waals surface area contributed by atoms with Gasteiger partial charge in [-0.05, 0) is 26.3 Å². The molecular weight excluding hydrogens is 238 g/mol. The lowest BCUT2D eigenvalue weighted by Gasteiger charge is -2.37. The molecule has 0 saturated heterocycles. The number of amides is 1. The second kappa shape index (κ2) is 6.55. The predicted octanol–water partition coefficient (Wildman–Crippen LogP) is 2.61. The minimum atomic E-state index is -0.0516. The van der Waals surface area contributed by atoms with E-state index in [0.717, 1.165) is 23.3 Å². The molecule has 1 amide bonds. The minimum Gasteiger partial charge on any atom is -0.402 e. The molecule has 0 aliphatic carbocycles. The molecule has 0 bridgehead atoms. The van der Waals surface area contributed by atoms with Crippen molar-refractivity contribution in [3.63, 3.8) is 0 Å². The molecule has 106 valence electrons. The van der Waals surface area contributed by atoms with E-state index in [1.165, 1.54) is 0 Å². The van der Waals surface area contributed by atoms with Crippen molar-refractivity contribution in [1.82, 2.24) is 4.90 Å². The highest BCUT2D eigenvalue weighted by molar-refractivity contribution is 6.08. The highest BCUT2D eigenvalue weighted by atomic mass is 16.2. The van der Waals surface area contributed by atoms with Gasteiger partial charge < -0.3 is 16.0 Å². The fourth-order valence-electron chi connectivity index (χ4n) is 2.55. The lowest BCUT2D eigenvalue weighted by Crippen LogP contribution is -2.47. The number of carbonyl (C=O) groups is 1. The largest absolute Gasteiger partial charge is 0.402 e. The summed E-state index contributed by atoms with van der Waals surface area (Å²) >= 11 is 0. The van der Waals surface area contributed by atoms with Crippen LogP contribution in [0.3, 0.4) is 0 Å². The molecule has 1 heterocycles. The standard InChI is InChI=1S/C15H25N3O/c1-5-13-15(12(17)9-10(3)4)11(16)7-8-18(13)14(19)6-2/h9,13,17H,5-8,16H2,1-4H3. The van der Waals surface area contributed by atoms with E-state index < -0.39 is 0 Å². The summed E-state index contributed by atoms with van der Waals surface area (Å²) in [6, 6.07) is -0.0516. The highest BCUT2D eigenvalue weighted by Gasteiger charge is 2.31. The Labute approximate surface area is 115 Å². The molecule has 0 aromatic rings. The van der Waals surface area contributed by atoms with Crippen molar-refractivity contribution in [2.75, 3.05) is 6.54 Å². The molecule has 0 aromatic heterocycles. The van der Waals surface area contributed by atoms with Crippen LogP contribution in [0.5, 0.6) is 0 Å². The van der Waals surface area contributed by atoms with Crippen LogP contribution < -0.4 is 5.73 Å². The maximum atomic E-state index is 12.0. The van der Waals surface area contributed by atoms with E-state index in [-0.39, 0.29) is 11.9 Å². The Hall–Kier alpha value is -1.58. The SMILES string of the molecule is CCC(=O)N1CCC(N)=C(C(=N)C=C(C)C)C1CC. The fourth-order valence-corrected chi connectivity index (χ4v) is 2.55.